The van der Waals surface area contributed by atoms with E-state index >= 15 is 0 Å². The molecule has 2 N–H and O–H groups in total. The van der Waals surface area contributed by atoms with Crippen LogP contribution in [0.15, 0.2) is 82.2 Å². The lowest BCUT2D eigenvalue weighted by atomic mass is 10.2. The highest BCUT2D eigenvalue weighted by Gasteiger charge is 2.21. The lowest BCUT2D eigenvalue weighted by Gasteiger charge is -2.19. The van der Waals surface area contributed by atoms with E-state index in [1.165, 1.54) is 30.6 Å². The predicted molar refractivity (Wildman–Crippen MR) is 133 cm³/mol. The second-order valence-corrected chi connectivity index (χ2v) is 9.82. The van der Waals surface area contributed by atoms with Crippen LogP contribution in [0.25, 0.3) is 0 Å². The highest BCUT2D eigenvalue weighted by molar-refractivity contribution is 9.10. The second kappa shape index (κ2) is 10.1. The van der Waals surface area contributed by atoms with Gasteiger partial charge in [-0.25, -0.2) is 8.42 Å². The van der Waals surface area contributed by atoms with Crippen molar-refractivity contribution < 1.29 is 17.9 Å². The number of carbonyl (C=O) groups is 1. The van der Waals surface area contributed by atoms with Gasteiger partial charge in [-0.1, -0.05) is 18.2 Å². The quantitative estimate of drug-likeness (QED) is 0.456. The molecule has 0 atom stereocenters. The molecule has 166 valence electrons. The summed E-state index contributed by atoms with van der Waals surface area (Å²) in [6.07, 6.45) is 0. The third-order valence-electron chi connectivity index (χ3n) is 4.53. The molecule has 0 radical (unpaired) electrons. The zero-order chi connectivity index (χ0) is 23.3. The lowest BCUT2D eigenvalue weighted by Crippen LogP contribution is -2.34. The molecule has 0 unspecified atom stereocenters. The van der Waals surface area contributed by atoms with Gasteiger partial charge in [-0.05, 0) is 82.7 Å². The summed E-state index contributed by atoms with van der Waals surface area (Å²) in [4.78, 5) is 12.5. The molecule has 0 spiro atoms. The van der Waals surface area contributed by atoms with Crippen molar-refractivity contribution in [1.29, 1.82) is 0 Å². The van der Waals surface area contributed by atoms with E-state index in [-0.39, 0.29) is 10.0 Å². The number of nitrogens with zero attached hydrogens (tertiary/aromatic N) is 1. The monoisotopic (exact) mass is 533 g/mol. The Bertz CT molecular complexity index is 1230. The van der Waals surface area contributed by atoms with Gasteiger partial charge in [0.15, 0.2) is 5.11 Å². The second-order valence-electron chi connectivity index (χ2n) is 6.59. The first kappa shape index (κ1) is 23.7. The fraction of sp³-hybridized carbons (Fsp3) is 0.0909. The molecular weight excluding hydrogens is 514 g/mol. The van der Waals surface area contributed by atoms with Crippen molar-refractivity contribution in [1.82, 2.24) is 5.32 Å². The largest absolute Gasteiger partial charge is 0.496 e. The van der Waals surface area contributed by atoms with E-state index in [9.17, 15) is 13.2 Å². The molecule has 7 nitrogen and oxygen atoms in total. The molecular formula is C22H20BrN3O4S2. The minimum absolute atomic E-state index is 0.0824. The molecule has 0 aliphatic rings. The van der Waals surface area contributed by atoms with Gasteiger partial charge in [0.1, 0.15) is 5.75 Å². The molecule has 0 aliphatic carbocycles. The average Bonchev–Trinajstić information content (AvgIpc) is 2.79. The van der Waals surface area contributed by atoms with Crippen molar-refractivity contribution >= 4 is 60.6 Å². The van der Waals surface area contributed by atoms with E-state index in [1.807, 2.05) is 6.07 Å². The van der Waals surface area contributed by atoms with Crippen LogP contribution in [0.4, 0.5) is 11.4 Å². The molecule has 32 heavy (non-hydrogen) atoms. The number of amides is 1. The molecule has 3 aromatic carbocycles. The molecule has 0 fully saturated rings. The van der Waals surface area contributed by atoms with Crippen molar-refractivity contribution in [2.75, 3.05) is 23.8 Å². The number of nitrogens with one attached hydrogen (secondary N) is 2. The van der Waals surface area contributed by atoms with Crippen molar-refractivity contribution in [2.24, 2.45) is 0 Å². The number of para-hydroxylation sites is 1. The minimum Gasteiger partial charge on any atom is -0.496 e. The van der Waals surface area contributed by atoms with Gasteiger partial charge in [-0.2, -0.15) is 0 Å². The molecule has 10 heteroatoms. The molecule has 0 heterocycles. The number of benzene rings is 3. The molecule has 0 aromatic heterocycles. The third kappa shape index (κ3) is 5.45. The number of rotatable bonds is 6. The summed E-state index contributed by atoms with van der Waals surface area (Å²) in [5.74, 6) is 0.213. The fourth-order valence-corrected chi connectivity index (χ4v) is 4.74. The summed E-state index contributed by atoms with van der Waals surface area (Å²) in [6, 6.07) is 19.8. The predicted octanol–water partition coefficient (Wildman–Crippen LogP) is 4.41. The van der Waals surface area contributed by atoms with Crippen LogP contribution in [-0.4, -0.2) is 33.6 Å². The molecule has 3 aromatic rings. The zero-order valence-electron chi connectivity index (χ0n) is 17.2. The summed E-state index contributed by atoms with van der Waals surface area (Å²) in [6.45, 7) is 0. The number of anilines is 2. The number of hydrogen-bond donors (Lipinski definition) is 2. The highest BCUT2D eigenvalue weighted by Crippen LogP contribution is 2.26. The number of ether oxygens (including phenoxy) is 1. The van der Waals surface area contributed by atoms with Crippen LogP contribution in [0.2, 0.25) is 0 Å². The van der Waals surface area contributed by atoms with E-state index in [2.05, 4.69) is 26.6 Å². The maximum absolute atomic E-state index is 12.9. The summed E-state index contributed by atoms with van der Waals surface area (Å²) >= 11 is 8.54. The van der Waals surface area contributed by atoms with Gasteiger partial charge >= 0.3 is 0 Å². The summed E-state index contributed by atoms with van der Waals surface area (Å²) < 4.78 is 32.7. The number of thiocarbonyl (C=S) groups is 1. The van der Waals surface area contributed by atoms with Crippen molar-refractivity contribution in [3.05, 3.63) is 82.8 Å². The molecule has 3 rings (SSSR count). The van der Waals surface area contributed by atoms with Crippen LogP contribution in [0.3, 0.4) is 0 Å². The summed E-state index contributed by atoms with van der Waals surface area (Å²) in [5.41, 5.74) is 1.49. The van der Waals surface area contributed by atoms with Gasteiger partial charge in [0.2, 0.25) is 0 Å². The Hall–Kier alpha value is -2.95. The van der Waals surface area contributed by atoms with Crippen molar-refractivity contribution in [3.8, 4) is 5.75 Å². The Balaban J connectivity index is 1.65. The zero-order valence-corrected chi connectivity index (χ0v) is 20.4. The molecule has 0 saturated carbocycles. The molecule has 0 bridgehead atoms. The Morgan fingerprint density at radius 3 is 2.28 bits per heavy atom. The number of halogens is 1. The summed E-state index contributed by atoms with van der Waals surface area (Å²) in [7, 11) is -0.678. The van der Waals surface area contributed by atoms with E-state index in [1.54, 1.807) is 54.6 Å². The Kier molecular flexibility index (Phi) is 7.49. The van der Waals surface area contributed by atoms with Crippen LogP contribution in [0, 0.1) is 0 Å². The number of hydrogen-bond acceptors (Lipinski definition) is 5. The topological polar surface area (TPSA) is 87.7 Å². The molecule has 0 aliphatic heterocycles. The average molecular weight is 534 g/mol. The van der Waals surface area contributed by atoms with Crippen LogP contribution in [0.1, 0.15) is 10.4 Å². The SMILES string of the molecule is COc1ccc(C(=O)NC(=S)Nc2ccc(S(=O)(=O)N(C)c3ccccc3)cc2)cc1Br. The first-order valence-electron chi connectivity index (χ1n) is 9.32. The van der Waals surface area contributed by atoms with Gasteiger partial charge < -0.3 is 10.1 Å². The number of sulfonamides is 1. The van der Waals surface area contributed by atoms with Gasteiger partial charge in [-0.15, -0.1) is 0 Å². The Morgan fingerprint density at radius 1 is 1.03 bits per heavy atom. The normalized spacial score (nSPS) is 10.8. The van der Waals surface area contributed by atoms with Gasteiger partial charge in [0, 0.05) is 18.3 Å². The van der Waals surface area contributed by atoms with Crippen LogP contribution < -0.4 is 19.7 Å². The van der Waals surface area contributed by atoms with Crippen LogP contribution in [-0.2, 0) is 10.0 Å². The lowest BCUT2D eigenvalue weighted by molar-refractivity contribution is 0.0977. The van der Waals surface area contributed by atoms with E-state index in [0.717, 1.165) is 0 Å². The van der Waals surface area contributed by atoms with Crippen LogP contribution in [0.5, 0.6) is 5.75 Å². The van der Waals surface area contributed by atoms with Crippen molar-refractivity contribution in [2.45, 2.75) is 4.90 Å². The Labute approximate surface area is 200 Å². The number of methoxy groups -OCH3 is 1. The van der Waals surface area contributed by atoms with Crippen molar-refractivity contribution in [3.63, 3.8) is 0 Å². The van der Waals surface area contributed by atoms with E-state index in [0.29, 0.717) is 27.2 Å². The summed E-state index contributed by atoms with van der Waals surface area (Å²) in [5, 5.41) is 5.54. The van der Waals surface area contributed by atoms with E-state index < -0.39 is 15.9 Å². The maximum Gasteiger partial charge on any atom is 0.264 e. The van der Waals surface area contributed by atoms with Crippen LogP contribution >= 0.6 is 28.1 Å². The minimum atomic E-state index is -3.71. The smallest absolute Gasteiger partial charge is 0.264 e. The fourth-order valence-electron chi connectivity index (χ4n) is 2.79. The third-order valence-corrected chi connectivity index (χ3v) is 7.16. The number of carbonyl (C=O) groups excluding carboxylic acids is 1. The molecule has 1 amide bonds. The highest BCUT2D eigenvalue weighted by atomic mass is 79.9. The van der Waals surface area contributed by atoms with Gasteiger partial charge in [0.25, 0.3) is 15.9 Å². The standard InChI is InChI=1S/C22H20BrN3O4S2/c1-26(17-6-4-3-5-7-17)32(28,29)18-11-9-16(10-12-18)24-22(31)25-21(27)15-8-13-20(30-2)19(23)14-15/h3-14H,1-2H3,(H2,24,25,27,31). The van der Waals surface area contributed by atoms with Gasteiger partial charge in [0.05, 0.1) is 22.2 Å². The first-order valence-corrected chi connectivity index (χ1v) is 12.0. The molecule has 0 saturated heterocycles. The van der Waals surface area contributed by atoms with Gasteiger partial charge in [-0.3, -0.25) is 14.4 Å². The maximum atomic E-state index is 12.9. The van der Waals surface area contributed by atoms with E-state index in [4.69, 9.17) is 17.0 Å². The Morgan fingerprint density at radius 2 is 1.69 bits per heavy atom. The first-order chi connectivity index (χ1) is 15.2.